The highest BCUT2D eigenvalue weighted by Crippen LogP contribution is 2.33. The van der Waals surface area contributed by atoms with Crippen molar-refractivity contribution in [3.05, 3.63) is 57.3 Å². The molecule has 1 saturated heterocycles. The molecule has 9 heteroatoms. The predicted octanol–water partition coefficient (Wildman–Crippen LogP) is 3.05. The Balaban J connectivity index is 1.57. The van der Waals surface area contributed by atoms with Gasteiger partial charge in [0, 0.05) is 33.9 Å². The second-order valence-electron chi connectivity index (χ2n) is 7.47. The van der Waals surface area contributed by atoms with Crippen LogP contribution in [0, 0.1) is 0 Å². The zero-order valence-corrected chi connectivity index (χ0v) is 19.6. The predicted molar refractivity (Wildman–Crippen MR) is 127 cm³/mol. The molecule has 0 atom stereocenters. The number of fused-ring (bicyclic) bond motifs is 1. The third kappa shape index (κ3) is 3.89. The molecule has 2 aromatic carbocycles. The lowest BCUT2D eigenvalue weighted by atomic mass is 10.1. The minimum Gasteiger partial charge on any atom is -0.503 e. The molecule has 1 amide bonds. The van der Waals surface area contributed by atoms with E-state index in [0.29, 0.717) is 62.5 Å². The van der Waals surface area contributed by atoms with Gasteiger partial charge >= 0.3 is 5.56 Å². The summed E-state index contributed by atoms with van der Waals surface area (Å²) in [5.41, 5.74) is 0.940. The van der Waals surface area contributed by atoms with E-state index in [4.69, 9.17) is 21.1 Å². The molecule has 0 radical (unpaired) electrons. The number of aromatic hydroxyl groups is 1. The normalized spacial score (nSPS) is 14.6. The van der Waals surface area contributed by atoms with Crippen molar-refractivity contribution >= 4 is 39.3 Å². The maximum absolute atomic E-state index is 13.0. The summed E-state index contributed by atoms with van der Waals surface area (Å²) in [6, 6.07) is 10.2. The van der Waals surface area contributed by atoms with Crippen LogP contribution in [-0.4, -0.2) is 59.3 Å². The lowest BCUT2D eigenvalue weighted by molar-refractivity contribution is 0.0771. The van der Waals surface area contributed by atoms with E-state index in [2.05, 4.69) is 0 Å². The Morgan fingerprint density at radius 3 is 2.41 bits per heavy atom. The van der Waals surface area contributed by atoms with Gasteiger partial charge in [0.05, 0.1) is 32.8 Å². The summed E-state index contributed by atoms with van der Waals surface area (Å²) in [6.45, 7) is 0.985. The topological polar surface area (TPSA) is 81.0 Å². The van der Waals surface area contributed by atoms with Crippen molar-refractivity contribution in [2.45, 2.75) is 4.90 Å². The molecule has 1 aliphatic heterocycles. The van der Waals surface area contributed by atoms with Gasteiger partial charge in [-0.3, -0.25) is 9.59 Å². The maximum atomic E-state index is 13.0. The molecule has 1 fully saturated rings. The molecule has 168 valence electrons. The lowest BCUT2D eigenvalue weighted by Gasteiger charge is -2.27. The fourth-order valence-corrected chi connectivity index (χ4v) is 6.38. The molecular formula is C23H24ClN2O5S+. The quantitative estimate of drug-likeness (QED) is 0.586. The van der Waals surface area contributed by atoms with Gasteiger partial charge in [-0.25, -0.2) is 0 Å². The van der Waals surface area contributed by atoms with Crippen LogP contribution in [0.3, 0.4) is 0 Å². The van der Waals surface area contributed by atoms with Crippen LogP contribution in [0.5, 0.6) is 17.2 Å². The number of aromatic nitrogens is 1. The van der Waals surface area contributed by atoms with Crippen molar-refractivity contribution < 1.29 is 19.4 Å². The second-order valence-corrected chi connectivity index (χ2v) is 10.1. The molecule has 0 bridgehead atoms. The second kappa shape index (κ2) is 8.96. The van der Waals surface area contributed by atoms with Crippen molar-refractivity contribution in [3.63, 3.8) is 0 Å². The Hall–Kier alpha value is -2.84. The first-order valence-corrected chi connectivity index (χ1v) is 12.0. The molecule has 1 aliphatic rings. The number of benzene rings is 2. The Labute approximate surface area is 193 Å². The molecular weight excluding hydrogens is 452 g/mol. The summed E-state index contributed by atoms with van der Waals surface area (Å²) in [4.78, 5) is 28.2. The average molecular weight is 476 g/mol. The minimum absolute atomic E-state index is 0.00593. The van der Waals surface area contributed by atoms with Gasteiger partial charge < -0.3 is 24.0 Å². The van der Waals surface area contributed by atoms with E-state index in [1.165, 1.54) is 7.11 Å². The summed E-state index contributed by atoms with van der Waals surface area (Å²) in [7, 11) is 4.30. The first kappa shape index (κ1) is 22.4. The van der Waals surface area contributed by atoms with Crippen LogP contribution in [0.1, 0.15) is 10.4 Å². The molecule has 1 N–H and O–H groups in total. The van der Waals surface area contributed by atoms with Crippen molar-refractivity contribution in [3.8, 4) is 17.2 Å². The van der Waals surface area contributed by atoms with Gasteiger partial charge in [0.2, 0.25) is 0 Å². The highest BCUT2D eigenvalue weighted by Gasteiger charge is 2.37. The fraction of sp³-hybridized carbons (Fsp3) is 0.304. The molecule has 0 spiro atoms. The molecule has 7 nitrogen and oxygen atoms in total. The summed E-state index contributed by atoms with van der Waals surface area (Å²) in [5.74, 6) is 2.16. The minimum atomic E-state index is -0.474. The van der Waals surface area contributed by atoms with Crippen LogP contribution in [-0.2, 0) is 17.9 Å². The molecule has 1 aromatic heterocycles. The van der Waals surface area contributed by atoms with Gasteiger partial charge in [-0.15, -0.1) is 0 Å². The number of rotatable bonds is 4. The van der Waals surface area contributed by atoms with Crippen molar-refractivity contribution in [2.24, 2.45) is 7.05 Å². The molecule has 0 unspecified atom stereocenters. The zero-order valence-electron chi connectivity index (χ0n) is 18.1. The highest BCUT2D eigenvalue weighted by molar-refractivity contribution is 7.97. The molecule has 4 rings (SSSR count). The number of halogens is 1. The molecule has 32 heavy (non-hydrogen) atoms. The lowest BCUT2D eigenvalue weighted by Crippen LogP contribution is -2.45. The Kier molecular flexibility index (Phi) is 6.26. The smallest absolute Gasteiger partial charge is 0.310 e. The average Bonchev–Trinajstić information content (AvgIpc) is 2.82. The van der Waals surface area contributed by atoms with E-state index >= 15 is 0 Å². The van der Waals surface area contributed by atoms with Gasteiger partial charge in [-0.1, -0.05) is 11.6 Å². The monoisotopic (exact) mass is 475 g/mol. The van der Waals surface area contributed by atoms with Gasteiger partial charge in [-0.2, -0.15) is 0 Å². The van der Waals surface area contributed by atoms with E-state index in [0.717, 1.165) is 0 Å². The Bertz CT molecular complexity index is 1250. The summed E-state index contributed by atoms with van der Waals surface area (Å²) >= 11 is 6.12. The number of nitrogens with zero attached hydrogens (tertiary/aromatic N) is 2. The largest absolute Gasteiger partial charge is 0.503 e. The van der Waals surface area contributed by atoms with Crippen LogP contribution in [0.4, 0.5) is 0 Å². The molecule has 0 saturated carbocycles. The third-order valence-corrected chi connectivity index (χ3v) is 8.24. The van der Waals surface area contributed by atoms with Crippen molar-refractivity contribution in [2.75, 3.05) is 38.8 Å². The van der Waals surface area contributed by atoms with E-state index in [-0.39, 0.29) is 17.2 Å². The molecule has 2 heterocycles. The number of carbonyl (C=O) groups excluding carboxylic acids is 1. The van der Waals surface area contributed by atoms with Crippen LogP contribution < -0.4 is 15.0 Å². The summed E-state index contributed by atoms with van der Waals surface area (Å²) in [5, 5.41) is 12.0. The number of aryl methyl sites for hydroxylation is 1. The first-order chi connectivity index (χ1) is 15.3. The summed E-state index contributed by atoms with van der Waals surface area (Å²) < 4.78 is 12.1. The molecule has 3 aromatic rings. The van der Waals surface area contributed by atoms with Crippen molar-refractivity contribution in [1.29, 1.82) is 0 Å². The number of hydrogen-bond donors (Lipinski definition) is 1. The van der Waals surface area contributed by atoms with Crippen LogP contribution >= 0.6 is 11.6 Å². The van der Waals surface area contributed by atoms with Crippen LogP contribution in [0.2, 0.25) is 5.02 Å². The summed E-state index contributed by atoms with van der Waals surface area (Å²) in [6.07, 6.45) is 0. The number of hydrogen-bond acceptors (Lipinski definition) is 5. The van der Waals surface area contributed by atoms with E-state index < -0.39 is 10.9 Å². The maximum Gasteiger partial charge on any atom is 0.310 e. The number of amides is 1. The van der Waals surface area contributed by atoms with Gasteiger partial charge in [-0.05, 0) is 36.4 Å². The van der Waals surface area contributed by atoms with E-state index in [1.807, 2.05) is 0 Å². The molecule has 0 aliphatic carbocycles. The highest BCUT2D eigenvalue weighted by atomic mass is 35.5. The van der Waals surface area contributed by atoms with E-state index in [9.17, 15) is 14.7 Å². The van der Waals surface area contributed by atoms with Gasteiger partial charge in [0.25, 0.3) is 10.8 Å². The Morgan fingerprint density at radius 1 is 1.06 bits per heavy atom. The van der Waals surface area contributed by atoms with Crippen molar-refractivity contribution in [1.82, 2.24) is 9.47 Å². The van der Waals surface area contributed by atoms with Gasteiger partial charge in [0.15, 0.2) is 17.2 Å². The first-order valence-electron chi connectivity index (χ1n) is 10.1. The van der Waals surface area contributed by atoms with E-state index in [1.54, 1.807) is 60.0 Å². The van der Waals surface area contributed by atoms with Gasteiger partial charge in [0.1, 0.15) is 11.5 Å². The van der Waals surface area contributed by atoms with Crippen LogP contribution in [0.15, 0.2) is 46.1 Å². The number of methoxy groups -OCH3 is 2. The number of carbonyl (C=O) groups is 1. The third-order valence-electron chi connectivity index (χ3n) is 5.71. The fourth-order valence-electron chi connectivity index (χ4n) is 3.95. The number of ether oxygens (including phenoxy) is 2. The SMILES string of the molecule is COc1ccc(C(=O)N2CC[S+](c3c(O)c4cc(Cl)ccc4n(C)c3=O)CC2)cc1OC. The standard InChI is InChI=1S/C23H23ClN2O5S/c1-25-17-6-5-15(24)13-16(17)20(27)21(23(25)29)32-10-8-26(9-11-32)22(28)14-4-7-18(30-2)19(12-14)31-3/h4-7,12-13H,8-11H2,1-3H3/p+1. The Morgan fingerprint density at radius 2 is 1.75 bits per heavy atom. The van der Waals surface area contributed by atoms with Crippen LogP contribution in [0.25, 0.3) is 10.9 Å². The number of pyridine rings is 1. The zero-order chi connectivity index (χ0) is 23.0.